The second-order valence-corrected chi connectivity index (χ2v) is 4.99. The molecule has 0 bridgehead atoms. The van der Waals surface area contributed by atoms with Crippen LogP contribution in [0.4, 0.5) is 5.69 Å². The lowest BCUT2D eigenvalue weighted by atomic mass is 10.2. The van der Waals surface area contributed by atoms with Crippen molar-refractivity contribution in [1.29, 1.82) is 0 Å². The highest BCUT2D eigenvalue weighted by Gasteiger charge is 2.27. The fraction of sp³-hybridized carbons (Fsp3) is 0.533. The summed E-state index contributed by atoms with van der Waals surface area (Å²) < 4.78 is 5.27. The number of methoxy groups -OCH3 is 1. The van der Waals surface area contributed by atoms with Crippen LogP contribution in [0.1, 0.15) is 12.8 Å². The number of rotatable bonds is 6. The van der Waals surface area contributed by atoms with Crippen molar-refractivity contribution in [2.75, 3.05) is 39.1 Å². The van der Waals surface area contributed by atoms with Crippen LogP contribution in [0.2, 0.25) is 0 Å². The van der Waals surface area contributed by atoms with Crippen molar-refractivity contribution in [2.45, 2.75) is 18.9 Å². The number of benzene rings is 1. The van der Waals surface area contributed by atoms with Crippen molar-refractivity contribution < 1.29 is 9.53 Å². The van der Waals surface area contributed by atoms with Gasteiger partial charge in [0, 0.05) is 19.1 Å². The molecule has 5 nitrogen and oxygen atoms in total. The van der Waals surface area contributed by atoms with E-state index in [4.69, 9.17) is 4.74 Å². The molecule has 1 atom stereocenters. The summed E-state index contributed by atoms with van der Waals surface area (Å²) in [5.41, 5.74) is 0.854. The number of nitrogens with zero attached hydrogens (tertiary/aromatic N) is 1. The zero-order chi connectivity index (χ0) is 14.4. The van der Waals surface area contributed by atoms with Crippen molar-refractivity contribution in [2.24, 2.45) is 0 Å². The van der Waals surface area contributed by atoms with Gasteiger partial charge in [-0.05, 0) is 32.0 Å². The van der Waals surface area contributed by atoms with Crippen LogP contribution >= 0.6 is 0 Å². The molecule has 1 amide bonds. The molecule has 1 heterocycles. The summed E-state index contributed by atoms with van der Waals surface area (Å²) in [6.07, 6.45) is 2.17. The second-order valence-electron chi connectivity index (χ2n) is 4.99. The highest BCUT2D eigenvalue weighted by atomic mass is 16.5. The quantitative estimate of drug-likeness (QED) is 0.823. The standard InChI is InChI=1S/C15H23N3O2/c1-16-10-12-6-5-9-18(12)15(19)11-17-13-7-3-4-8-14(13)20-2/h3-4,7-8,12,16-17H,5-6,9-11H2,1-2H3. The molecule has 1 aliphatic rings. The van der Waals surface area contributed by atoms with E-state index in [1.54, 1.807) is 7.11 Å². The Morgan fingerprint density at radius 2 is 2.25 bits per heavy atom. The number of hydrogen-bond acceptors (Lipinski definition) is 4. The van der Waals surface area contributed by atoms with Gasteiger partial charge >= 0.3 is 0 Å². The summed E-state index contributed by atoms with van der Waals surface area (Å²) in [6, 6.07) is 7.96. The molecule has 0 saturated carbocycles. The second kappa shape index (κ2) is 7.14. The first-order valence-electron chi connectivity index (χ1n) is 7.07. The van der Waals surface area contributed by atoms with Crippen LogP contribution < -0.4 is 15.4 Å². The number of ether oxygens (including phenoxy) is 1. The molecule has 2 N–H and O–H groups in total. The first-order chi connectivity index (χ1) is 9.76. The Kier molecular flexibility index (Phi) is 5.24. The average molecular weight is 277 g/mol. The number of hydrogen-bond donors (Lipinski definition) is 2. The van der Waals surface area contributed by atoms with E-state index in [0.29, 0.717) is 12.6 Å². The van der Waals surface area contributed by atoms with E-state index in [1.165, 1.54) is 0 Å². The van der Waals surface area contributed by atoms with Gasteiger partial charge in [0.05, 0.1) is 19.3 Å². The summed E-state index contributed by atoms with van der Waals surface area (Å²) in [6.45, 7) is 2.03. The normalized spacial score (nSPS) is 18.1. The molecular formula is C15H23N3O2. The zero-order valence-corrected chi connectivity index (χ0v) is 12.2. The largest absolute Gasteiger partial charge is 0.495 e. The number of nitrogens with one attached hydrogen (secondary N) is 2. The van der Waals surface area contributed by atoms with Crippen molar-refractivity contribution >= 4 is 11.6 Å². The summed E-state index contributed by atoms with van der Waals surface area (Å²) in [5, 5.41) is 6.32. The SMILES string of the molecule is CNCC1CCCN1C(=O)CNc1ccccc1OC. The molecule has 20 heavy (non-hydrogen) atoms. The molecular weight excluding hydrogens is 254 g/mol. The lowest BCUT2D eigenvalue weighted by Crippen LogP contribution is -2.43. The summed E-state index contributed by atoms with van der Waals surface area (Å²) in [5.74, 6) is 0.905. The van der Waals surface area contributed by atoms with Crippen molar-refractivity contribution in [1.82, 2.24) is 10.2 Å². The van der Waals surface area contributed by atoms with Gasteiger partial charge in [0.2, 0.25) is 5.91 Å². The maximum Gasteiger partial charge on any atom is 0.242 e. The average Bonchev–Trinajstić information content (AvgIpc) is 2.94. The molecule has 5 heteroatoms. The number of para-hydroxylation sites is 2. The van der Waals surface area contributed by atoms with Crippen LogP contribution in [0.5, 0.6) is 5.75 Å². The number of carbonyl (C=O) groups is 1. The van der Waals surface area contributed by atoms with Crippen LogP contribution in [-0.4, -0.2) is 50.6 Å². The topological polar surface area (TPSA) is 53.6 Å². The first-order valence-corrected chi connectivity index (χ1v) is 7.07. The molecule has 1 aromatic carbocycles. The third-order valence-electron chi connectivity index (χ3n) is 3.67. The van der Waals surface area contributed by atoms with Crippen molar-refractivity contribution in [3.8, 4) is 5.75 Å². The van der Waals surface area contributed by atoms with E-state index in [1.807, 2.05) is 36.2 Å². The molecule has 1 unspecified atom stereocenters. The van der Waals surface area contributed by atoms with Crippen LogP contribution in [0.3, 0.4) is 0 Å². The van der Waals surface area contributed by atoms with E-state index in [0.717, 1.165) is 37.4 Å². The third-order valence-corrected chi connectivity index (χ3v) is 3.67. The van der Waals surface area contributed by atoms with Gasteiger partial charge in [-0.25, -0.2) is 0 Å². The van der Waals surface area contributed by atoms with Gasteiger partial charge in [0.25, 0.3) is 0 Å². The Balaban J connectivity index is 1.91. The smallest absolute Gasteiger partial charge is 0.242 e. The van der Waals surface area contributed by atoms with E-state index in [9.17, 15) is 4.79 Å². The minimum Gasteiger partial charge on any atom is -0.495 e. The first kappa shape index (κ1) is 14.7. The van der Waals surface area contributed by atoms with E-state index in [-0.39, 0.29) is 5.91 Å². The predicted molar refractivity (Wildman–Crippen MR) is 80.1 cm³/mol. The minimum absolute atomic E-state index is 0.147. The molecule has 2 rings (SSSR count). The summed E-state index contributed by atoms with van der Waals surface area (Å²) in [7, 11) is 3.56. The molecule has 0 aliphatic carbocycles. The maximum atomic E-state index is 12.3. The molecule has 1 aliphatic heterocycles. The Labute approximate surface area is 120 Å². The Morgan fingerprint density at radius 3 is 3.00 bits per heavy atom. The van der Waals surface area contributed by atoms with Gasteiger partial charge in [0.15, 0.2) is 0 Å². The molecule has 1 saturated heterocycles. The molecule has 0 aromatic heterocycles. The lowest BCUT2D eigenvalue weighted by molar-refractivity contribution is -0.130. The third kappa shape index (κ3) is 3.42. The number of anilines is 1. The molecule has 1 aromatic rings. The molecule has 0 radical (unpaired) electrons. The predicted octanol–water partition coefficient (Wildman–Crippen LogP) is 1.32. The van der Waals surface area contributed by atoms with Gasteiger partial charge in [-0.2, -0.15) is 0 Å². The summed E-state index contributed by atoms with van der Waals surface area (Å²) >= 11 is 0. The zero-order valence-electron chi connectivity index (χ0n) is 12.2. The highest BCUT2D eigenvalue weighted by molar-refractivity contribution is 5.82. The number of amides is 1. The minimum atomic E-state index is 0.147. The van der Waals surface area contributed by atoms with Gasteiger partial charge in [-0.1, -0.05) is 12.1 Å². The van der Waals surface area contributed by atoms with Crippen molar-refractivity contribution in [3.63, 3.8) is 0 Å². The monoisotopic (exact) mass is 277 g/mol. The Bertz CT molecular complexity index is 450. The van der Waals surface area contributed by atoms with Crippen LogP contribution in [0, 0.1) is 0 Å². The number of carbonyl (C=O) groups excluding carboxylic acids is 1. The van der Waals surface area contributed by atoms with Gasteiger partial charge in [0.1, 0.15) is 5.75 Å². The molecule has 1 fully saturated rings. The van der Waals surface area contributed by atoms with Crippen LogP contribution in [0.25, 0.3) is 0 Å². The fourth-order valence-corrected chi connectivity index (χ4v) is 2.67. The Hall–Kier alpha value is -1.75. The maximum absolute atomic E-state index is 12.3. The van der Waals surface area contributed by atoms with E-state index >= 15 is 0 Å². The Morgan fingerprint density at radius 1 is 1.45 bits per heavy atom. The van der Waals surface area contributed by atoms with Crippen LogP contribution in [0.15, 0.2) is 24.3 Å². The van der Waals surface area contributed by atoms with Gasteiger partial charge < -0.3 is 20.3 Å². The number of likely N-dealkylation sites (N-methyl/N-ethyl adjacent to an activating group) is 1. The highest BCUT2D eigenvalue weighted by Crippen LogP contribution is 2.23. The van der Waals surface area contributed by atoms with Gasteiger partial charge in [-0.15, -0.1) is 0 Å². The van der Waals surface area contributed by atoms with Crippen molar-refractivity contribution in [3.05, 3.63) is 24.3 Å². The van der Waals surface area contributed by atoms with E-state index in [2.05, 4.69) is 10.6 Å². The molecule has 110 valence electrons. The van der Waals surface area contributed by atoms with Gasteiger partial charge in [-0.3, -0.25) is 4.79 Å². The summed E-state index contributed by atoms with van der Waals surface area (Å²) in [4.78, 5) is 14.3. The lowest BCUT2D eigenvalue weighted by Gasteiger charge is -2.25. The van der Waals surface area contributed by atoms with Crippen LogP contribution in [-0.2, 0) is 4.79 Å². The molecule has 0 spiro atoms. The number of likely N-dealkylation sites (tertiary alicyclic amines) is 1. The van der Waals surface area contributed by atoms with E-state index < -0.39 is 0 Å². The fourth-order valence-electron chi connectivity index (χ4n) is 2.67.